The molecule has 0 unspecified atom stereocenters. The van der Waals surface area contributed by atoms with Crippen molar-refractivity contribution in [2.24, 2.45) is 11.1 Å². The smallest absolute Gasteiger partial charge is 0.0712 e. The molecule has 1 fully saturated rings. The summed E-state index contributed by atoms with van der Waals surface area (Å²) in [5.74, 6) is 0. The minimum atomic E-state index is -0.606. The third-order valence-corrected chi connectivity index (χ3v) is 4.00. The molecule has 1 rings (SSSR count). The standard InChI is InChI=1S/C11H23NO2/c1-3-11(13,4-2)10(9-12)5-7-14-8-6-10/h13H,3-9,12H2,1-2H3. The molecule has 0 aliphatic carbocycles. The van der Waals surface area contributed by atoms with Gasteiger partial charge in [-0.25, -0.2) is 0 Å². The van der Waals surface area contributed by atoms with Crippen molar-refractivity contribution in [2.75, 3.05) is 19.8 Å². The van der Waals surface area contributed by atoms with Gasteiger partial charge in [0.25, 0.3) is 0 Å². The van der Waals surface area contributed by atoms with Gasteiger partial charge in [-0.2, -0.15) is 0 Å². The summed E-state index contributed by atoms with van der Waals surface area (Å²) in [6, 6.07) is 0. The van der Waals surface area contributed by atoms with Crippen molar-refractivity contribution in [3.63, 3.8) is 0 Å². The van der Waals surface area contributed by atoms with Crippen molar-refractivity contribution in [2.45, 2.75) is 45.1 Å². The zero-order valence-corrected chi connectivity index (χ0v) is 9.38. The Kier molecular flexibility index (Phi) is 3.93. The van der Waals surface area contributed by atoms with E-state index in [1.807, 2.05) is 13.8 Å². The van der Waals surface area contributed by atoms with Crippen LogP contribution in [0.4, 0.5) is 0 Å². The lowest BCUT2D eigenvalue weighted by molar-refractivity contribution is -0.132. The van der Waals surface area contributed by atoms with Gasteiger partial charge in [0.05, 0.1) is 5.60 Å². The van der Waals surface area contributed by atoms with Crippen LogP contribution in [0.15, 0.2) is 0 Å². The molecular formula is C11H23NO2. The molecule has 0 aromatic rings. The molecule has 3 N–H and O–H groups in total. The van der Waals surface area contributed by atoms with Crippen LogP contribution in [0.2, 0.25) is 0 Å². The fraction of sp³-hybridized carbons (Fsp3) is 1.00. The monoisotopic (exact) mass is 201 g/mol. The lowest BCUT2D eigenvalue weighted by Crippen LogP contribution is -2.54. The topological polar surface area (TPSA) is 55.5 Å². The second kappa shape index (κ2) is 4.60. The number of aliphatic hydroxyl groups is 1. The first kappa shape index (κ1) is 12.0. The highest BCUT2D eigenvalue weighted by molar-refractivity contribution is 4.99. The third kappa shape index (κ3) is 1.81. The van der Waals surface area contributed by atoms with Crippen molar-refractivity contribution < 1.29 is 9.84 Å². The molecule has 0 atom stereocenters. The number of nitrogens with two attached hydrogens (primary N) is 1. The predicted octanol–water partition coefficient (Wildman–Crippen LogP) is 1.29. The SMILES string of the molecule is CCC(O)(CC)C1(CN)CCOCC1. The highest BCUT2D eigenvalue weighted by Gasteiger charge is 2.47. The summed E-state index contributed by atoms with van der Waals surface area (Å²) in [5.41, 5.74) is 5.14. The van der Waals surface area contributed by atoms with E-state index < -0.39 is 5.60 Å². The molecule has 0 spiro atoms. The van der Waals surface area contributed by atoms with E-state index in [1.54, 1.807) is 0 Å². The number of rotatable bonds is 4. The summed E-state index contributed by atoms with van der Waals surface area (Å²) in [7, 11) is 0. The van der Waals surface area contributed by atoms with E-state index in [-0.39, 0.29) is 5.41 Å². The minimum Gasteiger partial charge on any atom is -0.389 e. The Morgan fingerprint density at radius 3 is 2.14 bits per heavy atom. The van der Waals surface area contributed by atoms with Crippen LogP contribution in [-0.2, 0) is 4.74 Å². The lowest BCUT2D eigenvalue weighted by atomic mass is 9.64. The van der Waals surface area contributed by atoms with Crippen molar-refractivity contribution in [1.29, 1.82) is 0 Å². The Bertz CT molecular complexity index is 172. The van der Waals surface area contributed by atoms with Crippen LogP contribution in [0.25, 0.3) is 0 Å². The maximum absolute atomic E-state index is 10.6. The van der Waals surface area contributed by atoms with E-state index in [0.29, 0.717) is 6.54 Å². The Morgan fingerprint density at radius 1 is 1.29 bits per heavy atom. The second-order valence-electron chi connectivity index (χ2n) is 4.34. The first-order valence-corrected chi connectivity index (χ1v) is 5.64. The van der Waals surface area contributed by atoms with Crippen LogP contribution in [-0.4, -0.2) is 30.5 Å². The average molecular weight is 201 g/mol. The van der Waals surface area contributed by atoms with Crippen LogP contribution in [0.1, 0.15) is 39.5 Å². The van der Waals surface area contributed by atoms with E-state index in [4.69, 9.17) is 10.5 Å². The Morgan fingerprint density at radius 2 is 1.79 bits per heavy atom. The molecule has 0 amide bonds. The molecule has 0 aromatic carbocycles. The Balaban J connectivity index is 2.85. The normalized spacial score (nSPS) is 22.3. The Hall–Kier alpha value is -0.120. The van der Waals surface area contributed by atoms with E-state index >= 15 is 0 Å². The molecule has 0 aromatic heterocycles. The van der Waals surface area contributed by atoms with Crippen molar-refractivity contribution >= 4 is 0 Å². The van der Waals surface area contributed by atoms with Crippen LogP contribution in [0.3, 0.4) is 0 Å². The van der Waals surface area contributed by atoms with Crippen LogP contribution in [0.5, 0.6) is 0 Å². The van der Waals surface area contributed by atoms with Gasteiger partial charge in [0.2, 0.25) is 0 Å². The summed E-state index contributed by atoms with van der Waals surface area (Å²) in [6.45, 7) is 6.11. The highest BCUT2D eigenvalue weighted by Crippen LogP contribution is 2.43. The third-order valence-electron chi connectivity index (χ3n) is 4.00. The van der Waals surface area contributed by atoms with Gasteiger partial charge in [0.15, 0.2) is 0 Å². The summed E-state index contributed by atoms with van der Waals surface area (Å²) in [6.07, 6.45) is 3.34. The minimum absolute atomic E-state index is 0.116. The summed E-state index contributed by atoms with van der Waals surface area (Å²) < 4.78 is 5.34. The molecular weight excluding hydrogens is 178 g/mol. The van der Waals surface area contributed by atoms with E-state index in [9.17, 15) is 5.11 Å². The van der Waals surface area contributed by atoms with Gasteiger partial charge in [-0.05, 0) is 25.7 Å². The summed E-state index contributed by atoms with van der Waals surface area (Å²) in [4.78, 5) is 0. The average Bonchev–Trinajstić information content (AvgIpc) is 2.28. The maximum Gasteiger partial charge on any atom is 0.0712 e. The number of hydrogen-bond acceptors (Lipinski definition) is 3. The van der Waals surface area contributed by atoms with Gasteiger partial charge >= 0.3 is 0 Å². The molecule has 84 valence electrons. The molecule has 0 bridgehead atoms. The zero-order valence-electron chi connectivity index (χ0n) is 9.38. The van der Waals surface area contributed by atoms with Gasteiger partial charge in [-0.1, -0.05) is 13.8 Å². The van der Waals surface area contributed by atoms with E-state index in [2.05, 4.69) is 0 Å². The van der Waals surface area contributed by atoms with Crippen molar-refractivity contribution in [3.05, 3.63) is 0 Å². The molecule has 1 saturated heterocycles. The fourth-order valence-corrected chi connectivity index (χ4v) is 2.62. The zero-order chi connectivity index (χ0) is 10.7. The van der Waals surface area contributed by atoms with Gasteiger partial charge in [-0.15, -0.1) is 0 Å². The molecule has 1 aliphatic heterocycles. The number of hydrogen-bond donors (Lipinski definition) is 2. The summed E-state index contributed by atoms with van der Waals surface area (Å²) >= 11 is 0. The fourth-order valence-electron chi connectivity index (χ4n) is 2.62. The van der Waals surface area contributed by atoms with Crippen LogP contribution in [0, 0.1) is 5.41 Å². The second-order valence-corrected chi connectivity index (χ2v) is 4.34. The molecule has 1 heterocycles. The Labute approximate surface area is 86.6 Å². The molecule has 14 heavy (non-hydrogen) atoms. The first-order valence-electron chi connectivity index (χ1n) is 5.64. The van der Waals surface area contributed by atoms with Crippen molar-refractivity contribution in [1.82, 2.24) is 0 Å². The quantitative estimate of drug-likeness (QED) is 0.720. The van der Waals surface area contributed by atoms with E-state index in [1.165, 1.54) is 0 Å². The highest BCUT2D eigenvalue weighted by atomic mass is 16.5. The van der Waals surface area contributed by atoms with Gasteiger partial charge in [0.1, 0.15) is 0 Å². The molecule has 3 nitrogen and oxygen atoms in total. The maximum atomic E-state index is 10.6. The lowest BCUT2D eigenvalue weighted by Gasteiger charge is -2.48. The molecule has 0 saturated carbocycles. The van der Waals surface area contributed by atoms with Crippen LogP contribution >= 0.6 is 0 Å². The van der Waals surface area contributed by atoms with Gasteiger partial charge < -0.3 is 15.6 Å². The number of ether oxygens (including phenoxy) is 1. The van der Waals surface area contributed by atoms with Crippen molar-refractivity contribution in [3.8, 4) is 0 Å². The molecule has 1 aliphatic rings. The largest absolute Gasteiger partial charge is 0.389 e. The van der Waals surface area contributed by atoms with Gasteiger partial charge in [0, 0.05) is 25.2 Å². The predicted molar refractivity (Wildman–Crippen MR) is 57.1 cm³/mol. The van der Waals surface area contributed by atoms with Gasteiger partial charge in [-0.3, -0.25) is 0 Å². The van der Waals surface area contributed by atoms with Crippen LogP contribution < -0.4 is 5.73 Å². The molecule has 3 heteroatoms. The molecule has 0 radical (unpaired) electrons. The van der Waals surface area contributed by atoms with E-state index in [0.717, 1.165) is 38.9 Å². The summed E-state index contributed by atoms with van der Waals surface area (Å²) in [5, 5.41) is 10.6. The first-order chi connectivity index (χ1) is 6.64.